The molecule has 0 aliphatic carbocycles. The Morgan fingerprint density at radius 2 is 2.00 bits per heavy atom. The molecule has 0 spiro atoms. The van der Waals surface area contributed by atoms with E-state index in [2.05, 4.69) is 10.6 Å². The van der Waals surface area contributed by atoms with Gasteiger partial charge in [-0.05, 0) is 24.3 Å². The number of amides is 4. The van der Waals surface area contributed by atoms with E-state index in [-0.39, 0.29) is 43.2 Å². The van der Waals surface area contributed by atoms with Crippen molar-refractivity contribution in [2.45, 2.75) is 51.6 Å². The minimum absolute atomic E-state index is 0.118. The number of urea groups is 1. The van der Waals surface area contributed by atoms with E-state index in [1.165, 1.54) is 4.90 Å². The van der Waals surface area contributed by atoms with Gasteiger partial charge in [0.25, 0.3) is 5.91 Å². The van der Waals surface area contributed by atoms with Crippen LogP contribution in [0.5, 0.6) is 0 Å². The van der Waals surface area contributed by atoms with E-state index in [9.17, 15) is 19.5 Å². The Hall–Kier alpha value is -2.41. The largest absolute Gasteiger partial charge is 0.394 e. The minimum Gasteiger partial charge on any atom is -0.394 e. The maximum atomic E-state index is 12.5. The van der Waals surface area contributed by atoms with E-state index in [0.717, 1.165) is 12.0 Å². The summed E-state index contributed by atoms with van der Waals surface area (Å²) in [6.45, 7) is 4.16. The molecule has 1 aliphatic rings. The number of nitrogens with zero attached hydrogens (tertiary/aromatic N) is 1. The number of hydrogen-bond acceptors (Lipinski definition) is 4. The molecule has 1 fully saturated rings. The number of carbonyl (C=O) groups is 3. The maximum absolute atomic E-state index is 12.5. The second kappa shape index (κ2) is 10.1. The SMILES string of the molecule is CCC(C)C(CO)NC(=O)CCC1NC(=O)N(CCc2ccccc2)C1=O. The van der Waals surface area contributed by atoms with Gasteiger partial charge in [-0.25, -0.2) is 4.79 Å². The summed E-state index contributed by atoms with van der Waals surface area (Å²) in [4.78, 5) is 37.9. The number of aliphatic hydroxyl groups is 1. The molecule has 1 aliphatic heterocycles. The average molecular weight is 375 g/mol. The molecule has 1 saturated heterocycles. The summed E-state index contributed by atoms with van der Waals surface area (Å²) in [7, 11) is 0. The first-order valence-electron chi connectivity index (χ1n) is 9.52. The lowest BCUT2D eigenvalue weighted by atomic mass is 9.99. The monoisotopic (exact) mass is 375 g/mol. The molecular weight excluding hydrogens is 346 g/mol. The van der Waals surface area contributed by atoms with Gasteiger partial charge in [-0.2, -0.15) is 0 Å². The van der Waals surface area contributed by atoms with E-state index in [4.69, 9.17) is 0 Å². The van der Waals surface area contributed by atoms with Crippen molar-refractivity contribution in [3.63, 3.8) is 0 Å². The quantitative estimate of drug-likeness (QED) is 0.539. The zero-order valence-corrected chi connectivity index (χ0v) is 16.0. The Balaban J connectivity index is 1.81. The van der Waals surface area contributed by atoms with Crippen LogP contribution in [0.3, 0.4) is 0 Å². The third kappa shape index (κ3) is 5.79. The predicted molar refractivity (Wildman–Crippen MR) is 102 cm³/mol. The summed E-state index contributed by atoms with van der Waals surface area (Å²) in [5, 5.41) is 14.8. The van der Waals surface area contributed by atoms with Crippen LogP contribution in [0.15, 0.2) is 30.3 Å². The van der Waals surface area contributed by atoms with Gasteiger partial charge in [0.2, 0.25) is 5.91 Å². The molecule has 3 atom stereocenters. The first kappa shape index (κ1) is 20.9. The molecule has 2 rings (SSSR count). The molecule has 1 heterocycles. The Morgan fingerprint density at radius 3 is 2.63 bits per heavy atom. The fourth-order valence-electron chi connectivity index (χ4n) is 3.08. The molecule has 27 heavy (non-hydrogen) atoms. The molecule has 1 aromatic carbocycles. The highest BCUT2D eigenvalue weighted by molar-refractivity contribution is 6.04. The highest BCUT2D eigenvalue weighted by atomic mass is 16.3. The minimum atomic E-state index is -0.671. The summed E-state index contributed by atoms with van der Waals surface area (Å²) in [6.07, 6.45) is 1.81. The molecule has 7 heteroatoms. The van der Waals surface area contributed by atoms with Crippen LogP contribution in [-0.4, -0.2) is 53.1 Å². The van der Waals surface area contributed by atoms with Crippen LogP contribution in [0.2, 0.25) is 0 Å². The van der Waals surface area contributed by atoms with Gasteiger partial charge in [-0.15, -0.1) is 0 Å². The van der Waals surface area contributed by atoms with Gasteiger partial charge in [-0.3, -0.25) is 14.5 Å². The molecule has 3 N–H and O–H groups in total. The molecule has 4 amide bonds. The standard InChI is InChI=1S/C20H29N3O4/c1-3-14(2)17(13-24)21-18(25)10-9-16-19(26)23(20(27)22-16)12-11-15-7-5-4-6-8-15/h4-8,14,16-17,24H,3,9-13H2,1-2H3,(H,21,25)(H,22,27). The lowest BCUT2D eigenvalue weighted by Gasteiger charge is -2.22. The van der Waals surface area contributed by atoms with Crippen molar-refractivity contribution in [3.8, 4) is 0 Å². The molecule has 0 bridgehead atoms. The Kier molecular flexibility index (Phi) is 7.79. The van der Waals surface area contributed by atoms with Crippen LogP contribution >= 0.6 is 0 Å². The number of benzene rings is 1. The molecule has 1 aromatic rings. The molecule has 0 aromatic heterocycles. The second-order valence-corrected chi connectivity index (χ2v) is 7.01. The normalized spacial score (nSPS) is 18.9. The lowest BCUT2D eigenvalue weighted by Crippen LogP contribution is -2.42. The van der Waals surface area contributed by atoms with Crippen molar-refractivity contribution in [2.24, 2.45) is 5.92 Å². The van der Waals surface area contributed by atoms with Gasteiger partial charge in [0, 0.05) is 13.0 Å². The molecule has 7 nitrogen and oxygen atoms in total. The van der Waals surface area contributed by atoms with Crippen molar-refractivity contribution in [1.82, 2.24) is 15.5 Å². The topological polar surface area (TPSA) is 98.7 Å². The van der Waals surface area contributed by atoms with Gasteiger partial charge in [0.15, 0.2) is 0 Å². The van der Waals surface area contributed by atoms with E-state index in [1.807, 2.05) is 44.2 Å². The molecule has 148 valence electrons. The van der Waals surface area contributed by atoms with Gasteiger partial charge in [0.1, 0.15) is 6.04 Å². The smallest absolute Gasteiger partial charge is 0.324 e. The zero-order chi connectivity index (χ0) is 19.8. The summed E-state index contributed by atoms with van der Waals surface area (Å²) >= 11 is 0. The van der Waals surface area contributed by atoms with Crippen LogP contribution in [0.4, 0.5) is 4.79 Å². The van der Waals surface area contributed by atoms with Gasteiger partial charge in [-0.1, -0.05) is 50.6 Å². The molecule has 0 radical (unpaired) electrons. The lowest BCUT2D eigenvalue weighted by molar-refractivity contribution is -0.127. The molecule has 0 saturated carbocycles. The average Bonchev–Trinajstić information content (AvgIpc) is 2.96. The first-order valence-corrected chi connectivity index (χ1v) is 9.52. The second-order valence-electron chi connectivity index (χ2n) is 7.01. The van der Waals surface area contributed by atoms with Crippen molar-refractivity contribution in [1.29, 1.82) is 0 Å². The van der Waals surface area contributed by atoms with Crippen LogP contribution in [0, 0.1) is 5.92 Å². The van der Waals surface area contributed by atoms with E-state index in [0.29, 0.717) is 13.0 Å². The van der Waals surface area contributed by atoms with Gasteiger partial charge in [0.05, 0.1) is 12.6 Å². The van der Waals surface area contributed by atoms with Crippen molar-refractivity contribution in [3.05, 3.63) is 35.9 Å². The summed E-state index contributed by atoms with van der Waals surface area (Å²) < 4.78 is 0. The summed E-state index contributed by atoms with van der Waals surface area (Å²) in [6, 6.07) is 8.29. The zero-order valence-electron chi connectivity index (χ0n) is 16.0. The van der Waals surface area contributed by atoms with Crippen molar-refractivity contribution in [2.75, 3.05) is 13.2 Å². The number of nitrogens with one attached hydrogen (secondary N) is 2. The Labute approximate surface area is 160 Å². The Bertz CT molecular complexity index is 650. The fraction of sp³-hybridized carbons (Fsp3) is 0.550. The van der Waals surface area contributed by atoms with E-state index >= 15 is 0 Å². The fourth-order valence-corrected chi connectivity index (χ4v) is 3.08. The number of imide groups is 1. The van der Waals surface area contributed by atoms with Crippen LogP contribution in [0.1, 0.15) is 38.7 Å². The van der Waals surface area contributed by atoms with Gasteiger partial charge >= 0.3 is 6.03 Å². The first-order chi connectivity index (χ1) is 13.0. The van der Waals surface area contributed by atoms with Crippen LogP contribution in [-0.2, 0) is 16.0 Å². The highest BCUT2D eigenvalue weighted by Crippen LogP contribution is 2.13. The van der Waals surface area contributed by atoms with E-state index < -0.39 is 12.1 Å². The third-order valence-electron chi connectivity index (χ3n) is 5.11. The summed E-state index contributed by atoms with van der Waals surface area (Å²) in [5.41, 5.74) is 1.06. The number of hydrogen-bond donors (Lipinski definition) is 3. The van der Waals surface area contributed by atoms with E-state index in [1.54, 1.807) is 0 Å². The maximum Gasteiger partial charge on any atom is 0.324 e. The number of rotatable bonds is 10. The predicted octanol–water partition coefficient (Wildman–Crippen LogP) is 1.45. The molecule has 3 unspecified atom stereocenters. The van der Waals surface area contributed by atoms with Gasteiger partial charge < -0.3 is 15.7 Å². The molecular formula is C20H29N3O4. The van der Waals surface area contributed by atoms with Crippen LogP contribution in [0.25, 0.3) is 0 Å². The van der Waals surface area contributed by atoms with Crippen molar-refractivity contribution < 1.29 is 19.5 Å². The number of carbonyl (C=O) groups excluding carboxylic acids is 3. The highest BCUT2D eigenvalue weighted by Gasteiger charge is 2.37. The number of aliphatic hydroxyl groups excluding tert-OH is 1. The van der Waals surface area contributed by atoms with Crippen LogP contribution < -0.4 is 10.6 Å². The third-order valence-corrected chi connectivity index (χ3v) is 5.11. The van der Waals surface area contributed by atoms with Crippen molar-refractivity contribution >= 4 is 17.8 Å². The Morgan fingerprint density at radius 1 is 1.30 bits per heavy atom. The summed E-state index contributed by atoms with van der Waals surface area (Å²) in [5.74, 6) is -0.344.